The van der Waals surface area contributed by atoms with E-state index in [1.54, 1.807) is 0 Å². The van der Waals surface area contributed by atoms with Gasteiger partial charge >= 0.3 is 0 Å². The lowest BCUT2D eigenvalue weighted by Gasteiger charge is -2.29. The van der Waals surface area contributed by atoms with Crippen LogP contribution in [0, 0.1) is 28.6 Å². The molecule has 2 unspecified atom stereocenters. The highest BCUT2D eigenvalue weighted by atomic mass is 15.1. The van der Waals surface area contributed by atoms with Gasteiger partial charge in [-0.15, -0.1) is 0 Å². The molecule has 100 valence electrons. The highest BCUT2D eigenvalue weighted by Gasteiger charge is 2.29. The molecule has 0 bridgehead atoms. The molecule has 1 aliphatic rings. The Morgan fingerprint density at radius 3 is 2.80 bits per heavy atom. The molecule has 2 aromatic rings. The number of imidazole rings is 1. The number of rotatable bonds is 2. The smallest absolute Gasteiger partial charge is 0.124 e. The van der Waals surface area contributed by atoms with Crippen molar-refractivity contribution in [2.24, 2.45) is 5.92 Å². The second-order valence-electron chi connectivity index (χ2n) is 5.31. The van der Waals surface area contributed by atoms with E-state index in [1.807, 2.05) is 24.3 Å². The number of nitriles is 2. The number of nitrogens with zero attached hydrogens (tertiary/aromatic N) is 4. The zero-order valence-corrected chi connectivity index (χ0v) is 11.3. The van der Waals surface area contributed by atoms with Gasteiger partial charge in [0.25, 0.3) is 0 Å². The first-order chi connectivity index (χ1) is 9.85. The number of benzene rings is 1. The average Bonchev–Trinajstić information content (AvgIpc) is 2.85. The van der Waals surface area contributed by atoms with Crippen LogP contribution < -0.4 is 0 Å². The fraction of sp³-hybridized carbons (Fsp3) is 0.438. The van der Waals surface area contributed by atoms with Crippen molar-refractivity contribution in [3.05, 3.63) is 30.1 Å². The van der Waals surface area contributed by atoms with Gasteiger partial charge in [-0.05, 0) is 25.0 Å². The summed E-state index contributed by atoms with van der Waals surface area (Å²) in [7, 11) is 0. The Morgan fingerprint density at radius 2 is 2.00 bits per heavy atom. The maximum absolute atomic E-state index is 9.40. The van der Waals surface area contributed by atoms with Gasteiger partial charge in [0.15, 0.2) is 0 Å². The van der Waals surface area contributed by atoms with Crippen LogP contribution in [-0.4, -0.2) is 9.55 Å². The van der Waals surface area contributed by atoms with Crippen LogP contribution >= 0.6 is 0 Å². The van der Waals surface area contributed by atoms with E-state index in [0.29, 0.717) is 6.42 Å². The number of hydrogen-bond donors (Lipinski definition) is 0. The van der Waals surface area contributed by atoms with E-state index in [-0.39, 0.29) is 12.0 Å². The van der Waals surface area contributed by atoms with E-state index in [1.165, 1.54) is 0 Å². The molecule has 1 aromatic heterocycles. The molecule has 4 nitrogen and oxygen atoms in total. The Bertz CT molecular complexity index is 701. The van der Waals surface area contributed by atoms with Crippen LogP contribution in [0.4, 0.5) is 0 Å². The van der Waals surface area contributed by atoms with Crippen molar-refractivity contribution in [2.45, 2.75) is 38.1 Å². The van der Waals surface area contributed by atoms with Crippen LogP contribution in [0.15, 0.2) is 24.3 Å². The molecular formula is C16H16N4. The first-order valence-electron chi connectivity index (χ1n) is 7.07. The van der Waals surface area contributed by atoms with Crippen molar-refractivity contribution in [3.8, 4) is 12.1 Å². The molecule has 1 saturated carbocycles. The van der Waals surface area contributed by atoms with Crippen molar-refractivity contribution >= 4 is 11.0 Å². The molecule has 0 saturated heterocycles. The molecule has 0 N–H and O–H groups in total. The molecule has 1 aliphatic carbocycles. The van der Waals surface area contributed by atoms with Gasteiger partial charge in [0.1, 0.15) is 5.82 Å². The second kappa shape index (κ2) is 5.35. The fourth-order valence-electron chi connectivity index (χ4n) is 3.23. The van der Waals surface area contributed by atoms with Crippen molar-refractivity contribution < 1.29 is 0 Å². The van der Waals surface area contributed by atoms with Gasteiger partial charge in [0, 0.05) is 0 Å². The van der Waals surface area contributed by atoms with Crippen molar-refractivity contribution in [2.75, 3.05) is 0 Å². The summed E-state index contributed by atoms with van der Waals surface area (Å²) in [6.45, 7) is 0. The van der Waals surface area contributed by atoms with Crippen molar-refractivity contribution in [1.29, 1.82) is 10.5 Å². The minimum atomic E-state index is 0.0267. The molecule has 1 heterocycles. The van der Waals surface area contributed by atoms with Crippen LogP contribution in [0.3, 0.4) is 0 Å². The zero-order chi connectivity index (χ0) is 13.9. The van der Waals surface area contributed by atoms with Gasteiger partial charge in [-0.1, -0.05) is 25.0 Å². The van der Waals surface area contributed by atoms with E-state index in [9.17, 15) is 5.26 Å². The monoisotopic (exact) mass is 264 g/mol. The largest absolute Gasteiger partial charge is 0.323 e. The molecule has 4 heteroatoms. The standard InChI is InChI=1S/C16H16N4/c17-10-9-16-19-13-6-2-4-8-15(13)20(16)14-7-3-1-5-12(14)11-18/h2,4,6,8,12,14H,1,3,5,7,9H2. The molecule has 2 atom stereocenters. The highest BCUT2D eigenvalue weighted by Crippen LogP contribution is 2.36. The first-order valence-corrected chi connectivity index (χ1v) is 7.07. The summed E-state index contributed by atoms with van der Waals surface area (Å²) in [5.41, 5.74) is 1.96. The van der Waals surface area contributed by atoms with Crippen LogP contribution in [0.5, 0.6) is 0 Å². The summed E-state index contributed by atoms with van der Waals surface area (Å²) in [6, 6.07) is 12.7. The van der Waals surface area contributed by atoms with Gasteiger partial charge < -0.3 is 4.57 Å². The van der Waals surface area contributed by atoms with E-state index in [4.69, 9.17) is 5.26 Å². The number of hydrogen-bond acceptors (Lipinski definition) is 3. The fourth-order valence-corrected chi connectivity index (χ4v) is 3.23. The maximum Gasteiger partial charge on any atom is 0.124 e. The molecule has 1 fully saturated rings. The Balaban J connectivity index is 2.15. The maximum atomic E-state index is 9.40. The van der Waals surface area contributed by atoms with E-state index in [0.717, 1.165) is 42.5 Å². The predicted molar refractivity (Wildman–Crippen MR) is 75.7 cm³/mol. The Labute approximate surface area is 118 Å². The van der Waals surface area contributed by atoms with Crippen molar-refractivity contribution in [1.82, 2.24) is 9.55 Å². The zero-order valence-electron chi connectivity index (χ0n) is 11.3. The van der Waals surface area contributed by atoms with E-state index in [2.05, 4.69) is 21.7 Å². The molecule has 1 aromatic carbocycles. The van der Waals surface area contributed by atoms with Crippen LogP contribution in [0.25, 0.3) is 11.0 Å². The van der Waals surface area contributed by atoms with E-state index >= 15 is 0 Å². The lowest BCUT2D eigenvalue weighted by Crippen LogP contribution is -2.23. The summed E-state index contributed by atoms with van der Waals surface area (Å²) >= 11 is 0. The predicted octanol–water partition coefficient (Wildman–Crippen LogP) is 3.36. The third kappa shape index (κ3) is 2.04. The molecule has 0 amide bonds. The Morgan fingerprint density at radius 1 is 1.20 bits per heavy atom. The summed E-state index contributed by atoms with van der Waals surface area (Å²) in [6.07, 6.45) is 4.50. The third-order valence-electron chi connectivity index (χ3n) is 4.13. The van der Waals surface area contributed by atoms with Gasteiger partial charge in [-0.25, -0.2) is 4.98 Å². The third-order valence-corrected chi connectivity index (χ3v) is 4.13. The van der Waals surface area contributed by atoms with Crippen LogP contribution in [-0.2, 0) is 6.42 Å². The lowest BCUT2D eigenvalue weighted by atomic mass is 9.85. The van der Waals surface area contributed by atoms with Gasteiger partial charge in [0.2, 0.25) is 0 Å². The van der Waals surface area contributed by atoms with Gasteiger partial charge in [0.05, 0.1) is 41.6 Å². The van der Waals surface area contributed by atoms with Gasteiger partial charge in [-0.2, -0.15) is 10.5 Å². The minimum Gasteiger partial charge on any atom is -0.323 e. The molecule has 3 rings (SSSR count). The number of para-hydroxylation sites is 2. The van der Waals surface area contributed by atoms with Crippen molar-refractivity contribution in [3.63, 3.8) is 0 Å². The first kappa shape index (κ1) is 12.7. The summed E-state index contributed by atoms with van der Waals surface area (Å²) in [5.74, 6) is 0.819. The normalized spacial score (nSPS) is 22.3. The van der Waals surface area contributed by atoms with E-state index < -0.39 is 0 Å². The second-order valence-corrected chi connectivity index (χ2v) is 5.31. The van der Waals surface area contributed by atoms with Crippen LogP contribution in [0.1, 0.15) is 37.5 Å². The molecule has 0 aliphatic heterocycles. The minimum absolute atomic E-state index is 0.0267. The topological polar surface area (TPSA) is 65.4 Å². The summed E-state index contributed by atoms with van der Waals surface area (Å²) in [5, 5.41) is 18.4. The van der Waals surface area contributed by atoms with Crippen LogP contribution in [0.2, 0.25) is 0 Å². The van der Waals surface area contributed by atoms with Gasteiger partial charge in [-0.3, -0.25) is 0 Å². The molecule has 0 spiro atoms. The highest BCUT2D eigenvalue weighted by molar-refractivity contribution is 5.76. The Hall–Kier alpha value is -2.33. The SMILES string of the molecule is N#CCc1nc2ccccc2n1C1CCCCC1C#N. The average molecular weight is 264 g/mol. The summed E-state index contributed by atoms with van der Waals surface area (Å²) in [4.78, 5) is 4.58. The quantitative estimate of drug-likeness (QED) is 0.835. The lowest BCUT2D eigenvalue weighted by molar-refractivity contribution is 0.290. The number of fused-ring (bicyclic) bond motifs is 1. The Kier molecular flexibility index (Phi) is 3.39. The molecular weight excluding hydrogens is 248 g/mol. The summed E-state index contributed by atoms with van der Waals surface area (Å²) < 4.78 is 2.14. The number of aromatic nitrogens is 2. The molecule has 0 radical (unpaired) electrons. The molecule has 20 heavy (non-hydrogen) atoms.